The van der Waals surface area contributed by atoms with Gasteiger partial charge in [-0.25, -0.2) is 19.4 Å². The Morgan fingerprint density at radius 1 is 0.941 bits per heavy atom. The average Bonchev–Trinajstić information content (AvgIpc) is 3.94. The van der Waals surface area contributed by atoms with Crippen molar-refractivity contribution < 1.29 is 14.3 Å². The summed E-state index contributed by atoms with van der Waals surface area (Å²) in [5, 5.41) is 6.49. The van der Waals surface area contributed by atoms with Crippen molar-refractivity contribution in [2.24, 2.45) is 0 Å². The minimum atomic E-state index is -1.21. The first-order chi connectivity index (χ1) is 24.7. The van der Waals surface area contributed by atoms with E-state index in [0.29, 0.717) is 71.5 Å². The van der Waals surface area contributed by atoms with E-state index >= 15 is 0 Å². The molecular formula is C36H36Cl4N8O3. The van der Waals surface area contributed by atoms with Crippen LogP contribution in [-0.4, -0.2) is 83.9 Å². The molecule has 15 heteroatoms. The van der Waals surface area contributed by atoms with Crippen LogP contribution in [0.25, 0.3) is 0 Å². The molecule has 0 saturated carbocycles. The largest absolute Gasteiger partial charge is 0.347 e. The monoisotopic (exact) mass is 768 g/mol. The van der Waals surface area contributed by atoms with Crippen molar-refractivity contribution in [1.29, 1.82) is 0 Å². The highest BCUT2D eigenvalue weighted by molar-refractivity contribution is 6.35. The second-order valence-electron chi connectivity index (χ2n) is 12.8. The standard InChI is InChI=1S/C36H36Cl4N8O3/c37-27-5-1-3-25(11-27)15-47(16-26-4-2-6-28(38)12-26)35(49)45-10-9-31(18-45)46(17-30-14-41-22-43-30)19-32-20-50-36(51-32,21-48-24-42-23-44-48)33-8-7-29(39)13-34(33)40/h1-8,11-14,22-24,31-32H,9-10,15-21H2,(H,41,43)/t31-,32-,36-/m0/s1. The fourth-order valence-corrected chi connectivity index (χ4v) is 7.78. The van der Waals surface area contributed by atoms with Crippen LogP contribution >= 0.6 is 46.4 Å². The Balaban J connectivity index is 1.10. The molecule has 2 aliphatic rings. The molecule has 0 radical (unpaired) electrons. The molecule has 2 aliphatic heterocycles. The number of H-pyrrole nitrogens is 1. The van der Waals surface area contributed by atoms with Gasteiger partial charge in [-0.3, -0.25) is 4.90 Å². The predicted molar refractivity (Wildman–Crippen MR) is 196 cm³/mol. The van der Waals surface area contributed by atoms with Gasteiger partial charge in [0.15, 0.2) is 0 Å². The number of halogens is 4. The van der Waals surface area contributed by atoms with E-state index in [9.17, 15) is 4.79 Å². The van der Waals surface area contributed by atoms with Crippen molar-refractivity contribution in [3.05, 3.63) is 134 Å². The molecule has 3 aromatic carbocycles. The zero-order valence-electron chi connectivity index (χ0n) is 27.5. The number of rotatable bonds is 12. The molecule has 266 valence electrons. The minimum absolute atomic E-state index is 0.0458. The Labute approximate surface area is 316 Å². The number of carbonyl (C=O) groups excluding carboxylic acids is 1. The molecule has 0 bridgehead atoms. The molecule has 0 spiro atoms. The van der Waals surface area contributed by atoms with E-state index < -0.39 is 5.79 Å². The van der Waals surface area contributed by atoms with E-state index in [4.69, 9.17) is 55.9 Å². The third kappa shape index (κ3) is 8.69. The summed E-state index contributed by atoms with van der Waals surface area (Å²) in [5.74, 6) is -1.21. The van der Waals surface area contributed by atoms with E-state index in [1.54, 1.807) is 29.5 Å². The lowest BCUT2D eigenvalue weighted by molar-refractivity contribution is -0.190. The van der Waals surface area contributed by atoms with Gasteiger partial charge in [-0.1, -0.05) is 76.7 Å². The molecule has 51 heavy (non-hydrogen) atoms. The van der Waals surface area contributed by atoms with Crippen molar-refractivity contribution in [3.8, 4) is 0 Å². The number of imidazole rings is 1. The van der Waals surface area contributed by atoms with Crippen LogP contribution < -0.4 is 0 Å². The highest BCUT2D eigenvalue weighted by Gasteiger charge is 2.46. The maximum atomic E-state index is 14.3. The first kappa shape index (κ1) is 35.7. The second-order valence-corrected chi connectivity index (χ2v) is 14.5. The number of urea groups is 1. The van der Waals surface area contributed by atoms with Gasteiger partial charge in [0, 0.05) is 77.8 Å². The molecule has 2 fully saturated rings. The topological polar surface area (TPSA) is 105 Å². The smallest absolute Gasteiger partial charge is 0.320 e. The van der Waals surface area contributed by atoms with Gasteiger partial charge in [-0.15, -0.1) is 0 Å². The molecule has 2 saturated heterocycles. The summed E-state index contributed by atoms with van der Waals surface area (Å²) in [7, 11) is 0. The summed E-state index contributed by atoms with van der Waals surface area (Å²) in [5.41, 5.74) is 3.51. The molecule has 5 aromatic rings. The van der Waals surface area contributed by atoms with Gasteiger partial charge in [-0.05, 0) is 53.9 Å². The van der Waals surface area contributed by atoms with E-state index in [-0.39, 0.29) is 24.7 Å². The number of carbonyl (C=O) groups is 1. The molecule has 3 atom stereocenters. The maximum absolute atomic E-state index is 14.3. The van der Waals surface area contributed by atoms with E-state index in [2.05, 4.69) is 25.0 Å². The molecule has 0 unspecified atom stereocenters. The molecule has 2 amide bonds. The number of aromatic amines is 1. The van der Waals surface area contributed by atoms with Crippen LogP contribution in [0.5, 0.6) is 0 Å². The van der Waals surface area contributed by atoms with Gasteiger partial charge in [0.05, 0.1) is 24.1 Å². The van der Waals surface area contributed by atoms with Crippen LogP contribution in [-0.2, 0) is 41.4 Å². The van der Waals surface area contributed by atoms with Gasteiger partial charge in [0.25, 0.3) is 0 Å². The number of aromatic nitrogens is 5. The fourth-order valence-electron chi connectivity index (χ4n) is 6.80. The summed E-state index contributed by atoms with van der Waals surface area (Å²) < 4.78 is 14.9. The van der Waals surface area contributed by atoms with E-state index in [1.165, 1.54) is 6.33 Å². The predicted octanol–water partition coefficient (Wildman–Crippen LogP) is 7.28. The minimum Gasteiger partial charge on any atom is -0.347 e. The number of amides is 2. The quantitative estimate of drug-likeness (QED) is 0.142. The zero-order valence-corrected chi connectivity index (χ0v) is 30.6. The Kier molecular flexibility index (Phi) is 11.1. The third-order valence-electron chi connectivity index (χ3n) is 9.15. The van der Waals surface area contributed by atoms with E-state index in [0.717, 1.165) is 23.2 Å². The molecule has 2 aromatic heterocycles. The Morgan fingerprint density at radius 3 is 2.33 bits per heavy atom. The van der Waals surface area contributed by atoms with Crippen LogP contribution in [0.2, 0.25) is 20.1 Å². The summed E-state index contributed by atoms with van der Waals surface area (Å²) in [6.45, 7) is 3.61. The molecule has 7 rings (SSSR count). The Morgan fingerprint density at radius 2 is 1.69 bits per heavy atom. The van der Waals surface area contributed by atoms with Crippen molar-refractivity contribution >= 4 is 52.4 Å². The van der Waals surface area contributed by atoms with Crippen molar-refractivity contribution in [2.75, 3.05) is 26.2 Å². The number of likely N-dealkylation sites (tertiary alicyclic amines) is 1. The van der Waals surface area contributed by atoms with Crippen molar-refractivity contribution in [3.63, 3.8) is 0 Å². The summed E-state index contributed by atoms with van der Waals surface area (Å²) >= 11 is 25.6. The summed E-state index contributed by atoms with van der Waals surface area (Å²) in [6, 6.07) is 20.5. The van der Waals surface area contributed by atoms with Crippen LogP contribution in [0.1, 0.15) is 28.8 Å². The lowest BCUT2D eigenvalue weighted by Crippen LogP contribution is -2.46. The van der Waals surface area contributed by atoms with Gasteiger partial charge in [0.1, 0.15) is 19.2 Å². The summed E-state index contributed by atoms with van der Waals surface area (Å²) in [6.07, 6.45) is 7.02. The third-order valence-corrected chi connectivity index (χ3v) is 10.2. The molecule has 0 aliphatic carbocycles. The van der Waals surface area contributed by atoms with Crippen molar-refractivity contribution in [2.45, 2.75) is 50.5 Å². The fraction of sp³-hybridized carbons (Fsp3) is 0.333. The lowest BCUT2D eigenvalue weighted by atomic mass is 10.1. The Bertz CT molecular complexity index is 1880. The zero-order chi connectivity index (χ0) is 35.4. The van der Waals surface area contributed by atoms with Crippen molar-refractivity contribution in [1.82, 2.24) is 39.4 Å². The summed E-state index contributed by atoms with van der Waals surface area (Å²) in [4.78, 5) is 32.0. The van der Waals surface area contributed by atoms with E-state index in [1.807, 2.05) is 70.6 Å². The van der Waals surface area contributed by atoms with Crippen LogP contribution in [0.3, 0.4) is 0 Å². The van der Waals surface area contributed by atoms with Crippen LogP contribution in [0.15, 0.2) is 91.9 Å². The number of benzene rings is 3. The van der Waals surface area contributed by atoms with Crippen LogP contribution in [0, 0.1) is 0 Å². The van der Waals surface area contributed by atoms with Gasteiger partial charge >= 0.3 is 6.03 Å². The second kappa shape index (κ2) is 15.9. The number of hydrogen-bond acceptors (Lipinski definition) is 7. The number of ether oxygens (including phenoxy) is 2. The van der Waals surface area contributed by atoms with Gasteiger partial charge in [-0.2, -0.15) is 5.10 Å². The number of nitrogens with zero attached hydrogens (tertiary/aromatic N) is 7. The van der Waals surface area contributed by atoms with Gasteiger partial charge < -0.3 is 24.3 Å². The maximum Gasteiger partial charge on any atom is 0.320 e. The normalized spacial score (nSPS) is 20.4. The highest BCUT2D eigenvalue weighted by atomic mass is 35.5. The average molecular weight is 771 g/mol. The molecular weight excluding hydrogens is 734 g/mol. The van der Waals surface area contributed by atoms with Gasteiger partial charge in [0.2, 0.25) is 5.79 Å². The first-order valence-corrected chi connectivity index (χ1v) is 18.1. The molecule has 1 N–H and O–H groups in total. The first-order valence-electron chi connectivity index (χ1n) is 16.6. The number of hydrogen-bond donors (Lipinski definition) is 1. The molecule has 4 heterocycles. The SMILES string of the molecule is O=C(N(Cc1cccc(Cl)c1)Cc1cccc(Cl)c1)N1CC[C@H](N(Cc2cnc[nH]2)C[C@H]2CO[C@](Cn3cncn3)(c3ccc(Cl)cc3Cl)O2)C1. The number of nitrogens with one attached hydrogen (secondary N) is 1. The Hall–Kier alpha value is -3.68. The lowest BCUT2D eigenvalue weighted by Gasteiger charge is -2.33. The highest BCUT2D eigenvalue weighted by Crippen LogP contribution is 2.41. The van der Waals surface area contributed by atoms with Crippen LogP contribution in [0.4, 0.5) is 4.79 Å². The molecule has 11 nitrogen and oxygen atoms in total.